The first-order valence-electron chi connectivity index (χ1n) is 4.47. The molecule has 78 valence electrons. The lowest BCUT2D eigenvalue weighted by Crippen LogP contribution is -2.21. The molecule has 3 nitrogen and oxygen atoms in total. The number of aliphatic hydroxyl groups excluding tert-OH is 1. The number of aliphatic hydroxyl groups is 1. The van der Waals surface area contributed by atoms with Crippen LogP contribution in [0, 0.1) is 0 Å². The van der Waals surface area contributed by atoms with Crippen LogP contribution in [0.15, 0.2) is 18.2 Å². The predicted octanol–water partition coefficient (Wildman–Crippen LogP) is 1.35. The molecule has 3 N–H and O–H groups in total. The van der Waals surface area contributed by atoms with Crippen LogP contribution < -0.4 is 5.73 Å². The van der Waals surface area contributed by atoms with E-state index in [1.807, 2.05) is 24.1 Å². The third-order valence-corrected chi connectivity index (χ3v) is 2.34. The van der Waals surface area contributed by atoms with Crippen LogP contribution in [0.25, 0.3) is 0 Å². The van der Waals surface area contributed by atoms with E-state index in [1.165, 1.54) is 0 Å². The van der Waals surface area contributed by atoms with E-state index in [-0.39, 0.29) is 6.61 Å². The number of rotatable bonds is 4. The van der Waals surface area contributed by atoms with E-state index in [4.69, 9.17) is 22.4 Å². The fourth-order valence-corrected chi connectivity index (χ4v) is 1.37. The molecule has 14 heavy (non-hydrogen) atoms. The largest absolute Gasteiger partial charge is 0.398 e. The van der Waals surface area contributed by atoms with Crippen LogP contribution in [0.2, 0.25) is 5.02 Å². The molecule has 1 aromatic carbocycles. The summed E-state index contributed by atoms with van der Waals surface area (Å²) in [5.41, 5.74) is 7.37. The summed E-state index contributed by atoms with van der Waals surface area (Å²) in [6.07, 6.45) is 0. The molecule has 0 heterocycles. The van der Waals surface area contributed by atoms with Crippen molar-refractivity contribution in [3.05, 3.63) is 28.8 Å². The zero-order valence-corrected chi connectivity index (χ0v) is 8.96. The predicted molar refractivity (Wildman–Crippen MR) is 59.3 cm³/mol. The summed E-state index contributed by atoms with van der Waals surface area (Å²) in [5.74, 6) is 0. The van der Waals surface area contributed by atoms with Gasteiger partial charge in [0.2, 0.25) is 0 Å². The van der Waals surface area contributed by atoms with Gasteiger partial charge in [0, 0.05) is 13.1 Å². The Kier molecular flexibility index (Phi) is 4.20. The Morgan fingerprint density at radius 1 is 1.50 bits per heavy atom. The first-order valence-corrected chi connectivity index (χ1v) is 4.84. The lowest BCUT2D eigenvalue weighted by atomic mass is 10.2. The standard InChI is InChI=1S/C10H15ClN2O/c1-13(4-5-14)7-8-2-3-9(11)10(12)6-8/h2-3,6,14H,4-5,7,12H2,1H3. The molecule has 0 saturated heterocycles. The number of nitrogens with two attached hydrogens (primary N) is 1. The van der Waals surface area contributed by atoms with E-state index in [0.717, 1.165) is 12.1 Å². The molecule has 4 heteroatoms. The van der Waals surface area contributed by atoms with Crippen LogP contribution in [0.3, 0.4) is 0 Å². The van der Waals surface area contributed by atoms with E-state index in [2.05, 4.69) is 0 Å². The zero-order valence-electron chi connectivity index (χ0n) is 8.20. The fraction of sp³-hybridized carbons (Fsp3) is 0.400. The van der Waals surface area contributed by atoms with E-state index < -0.39 is 0 Å². The number of anilines is 1. The molecule has 0 aliphatic heterocycles. The molecule has 0 aliphatic rings. The van der Waals surface area contributed by atoms with Crippen molar-refractivity contribution in [2.75, 3.05) is 25.9 Å². The Morgan fingerprint density at radius 3 is 2.79 bits per heavy atom. The Bertz CT molecular complexity index is 304. The van der Waals surface area contributed by atoms with Crippen molar-refractivity contribution in [3.8, 4) is 0 Å². The van der Waals surface area contributed by atoms with Crippen LogP contribution in [0.5, 0.6) is 0 Å². The van der Waals surface area contributed by atoms with E-state index in [1.54, 1.807) is 6.07 Å². The average molecular weight is 215 g/mol. The van der Waals surface area contributed by atoms with Crippen LogP contribution in [-0.2, 0) is 6.54 Å². The van der Waals surface area contributed by atoms with Gasteiger partial charge < -0.3 is 10.8 Å². The smallest absolute Gasteiger partial charge is 0.0635 e. The first kappa shape index (κ1) is 11.3. The molecule has 1 aromatic rings. The van der Waals surface area contributed by atoms with Crippen LogP contribution in [0.4, 0.5) is 5.69 Å². The van der Waals surface area contributed by atoms with Gasteiger partial charge in [-0.3, -0.25) is 4.90 Å². The van der Waals surface area contributed by atoms with E-state index in [0.29, 0.717) is 17.3 Å². The van der Waals surface area contributed by atoms with Gasteiger partial charge in [-0.15, -0.1) is 0 Å². The first-order chi connectivity index (χ1) is 6.63. The molecule has 0 aliphatic carbocycles. The highest BCUT2D eigenvalue weighted by Gasteiger charge is 2.01. The minimum Gasteiger partial charge on any atom is -0.398 e. The van der Waals surface area contributed by atoms with Gasteiger partial charge in [0.05, 0.1) is 17.3 Å². The minimum absolute atomic E-state index is 0.166. The van der Waals surface area contributed by atoms with Crippen molar-refractivity contribution >= 4 is 17.3 Å². The molecule has 0 aromatic heterocycles. The third kappa shape index (κ3) is 3.18. The summed E-state index contributed by atoms with van der Waals surface area (Å²) in [6.45, 7) is 1.59. The van der Waals surface area contributed by atoms with Crippen molar-refractivity contribution in [2.24, 2.45) is 0 Å². The van der Waals surface area contributed by atoms with Gasteiger partial charge >= 0.3 is 0 Å². The highest BCUT2D eigenvalue weighted by atomic mass is 35.5. The Balaban J connectivity index is 2.63. The Hall–Kier alpha value is -0.770. The second-order valence-corrected chi connectivity index (χ2v) is 3.72. The number of halogens is 1. The molecule has 0 bridgehead atoms. The monoisotopic (exact) mass is 214 g/mol. The van der Waals surface area contributed by atoms with Gasteiger partial charge in [0.15, 0.2) is 0 Å². The molecule has 0 atom stereocenters. The molecule has 0 radical (unpaired) electrons. The Labute approximate surface area is 89.1 Å². The molecule has 0 saturated carbocycles. The average Bonchev–Trinajstić information content (AvgIpc) is 2.12. The maximum atomic E-state index is 8.73. The quantitative estimate of drug-likeness (QED) is 0.744. The van der Waals surface area contributed by atoms with E-state index in [9.17, 15) is 0 Å². The van der Waals surface area contributed by atoms with Gasteiger partial charge in [-0.1, -0.05) is 17.7 Å². The highest BCUT2D eigenvalue weighted by molar-refractivity contribution is 6.33. The van der Waals surface area contributed by atoms with Gasteiger partial charge in [0.25, 0.3) is 0 Å². The molecule has 0 amide bonds. The van der Waals surface area contributed by atoms with Crippen LogP contribution in [-0.4, -0.2) is 30.2 Å². The summed E-state index contributed by atoms with van der Waals surface area (Å²) in [7, 11) is 1.95. The third-order valence-electron chi connectivity index (χ3n) is 1.99. The molecule has 1 rings (SSSR count). The fourth-order valence-electron chi connectivity index (χ4n) is 1.25. The lowest BCUT2D eigenvalue weighted by Gasteiger charge is -2.15. The molecule has 0 fully saturated rings. The maximum Gasteiger partial charge on any atom is 0.0635 e. The maximum absolute atomic E-state index is 8.73. The second kappa shape index (κ2) is 5.20. The van der Waals surface area contributed by atoms with Crippen molar-refractivity contribution in [2.45, 2.75) is 6.54 Å². The molecule has 0 spiro atoms. The van der Waals surface area contributed by atoms with Crippen LogP contribution >= 0.6 is 11.6 Å². The zero-order chi connectivity index (χ0) is 10.6. The topological polar surface area (TPSA) is 49.5 Å². The number of hydrogen-bond acceptors (Lipinski definition) is 3. The van der Waals surface area contributed by atoms with E-state index >= 15 is 0 Å². The normalized spacial score (nSPS) is 10.9. The Morgan fingerprint density at radius 2 is 2.21 bits per heavy atom. The number of hydrogen-bond donors (Lipinski definition) is 2. The lowest BCUT2D eigenvalue weighted by molar-refractivity contribution is 0.217. The minimum atomic E-state index is 0.166. The number of likely N-dealkylation sites (N-methyl/N-ethyl adjacent to an activating group) is 1. The molecule has 0 unspecified atom stereocenters. The van der Waals surface area contributed by atoms with Crippen molar-refractivity contribution in [1.82, 2.24) is 4.90 Å². The van der Waals surface area contributed by atoms with Crippen molar-refractivity contribution in [3.63, 3.8) is 0 Å². The van der Waals surface area contributed by atoms with Crippen molar-refractivity contribution in [1.29, 1.82) is 0 Å². The number of nitrogens with zero attached hydrogens (tertiary/aromatic N) is 1. The second-order valence-electron chi connectivity index (χ2n) is 3.32. The molecular weight excluding hydrogens is 200 g/mol. The summed E-state index contributed by atoms with van der Waals surface area (Å²) in [4.78, 5) is 2.02. The van der Waals surface area contributed by atoms with Gasteiger partial charge in [-0.25, -0.2) is 0 Å². The summed E-state index contributed by atoms with van der Waals surface area (Å²) in [6, 6.07) is 5.59. The van der Waals surface area contributed by atoms with Gasteiger partial charge in [-0.2, -0.15) is 0 Å². The van der Waals surface area contributed by atoms with Gasteiger partial charge in [0.1, 0.15) is 0 Å². The molecular formula is C10H15ClN2O. The number of nitrogen functional groups attached to an aromatic ring is 1. The summed E-state index contributed by atoms with van der Waals surface area (Å²) in [5, 5.41) is 9.31. The van der Waals surface area contributed by atoms with Crippen LogP contribution in [0.1, 0.15) is 5.56 Å². The number of benzene rings is 1. The summed E-state index contributed by atoms with van der Waals surface area (Å²) < 4.78 is 0. The van der Waals surface area contributed by atoms with Crippen molar-refractivity contribution < 1.29 is 5.11 Å². The SMILES string of the molecule is CN(CCO)Cc1ccc(Cl)c(N)c1. The van der Waals surface area contributed by atoms with Gasteiger partial charge in [-0.05, 0) is 24.7 Å². The summed E-state index contributed by atoms with van der Waals surface area (Å²) >= 11 is 5.80. The highest BCUT2D eigenvalue weighted by Crippen LogP contribution is 2.19.